The quantitative estimate of drug-likeness (QED) is 0.707. The van der Waals surface area contributed by atoms with Gasteiger partial charge in [-0.05, 0) is 48.5 Å². The van der Waals surface area contributed by atoms with Gasteiger partial charge in [0.1, 0.15) is 0 Å². The van der Waals surface area contributed by atoms with Gasteiger partial charge in [-0.15, -0.1) is 5.10 Å². The Morgan fingerprint density at radius 2 is 1.65 bits per heavy atom. The van der Waals surface area contributed by atoms with E-state index in [-0.39, 0.29) is 5.91 Å². The molecule has 0 atom stereocenters. The van der Waals surface area contributed by atoms with Crippen LogP contribution >= 0.6 is 11.6 Å². The fourth-order valence-corrected chi connectivity index (χ4v) is 2.38. The van der Waals surface area contributed by atoms with Crippen LogP contribution in [0.1, 0.15) is 10.4 Å². The van der Waals surface area contributed by atoms with Crippen molar-refractivity contribution >= 4 is 40.4 Å². The van der Waals surface area contributed by atoms with Crippen molar-refractivity contribution in [3.63, 3.8) is 0 Å². The topological polar surface area (TPSA) is 70.2 Å². The molecule has 26 heavy (non-hydrogen) atoms. The van der Waals surface area contributed by atoms with E-state index in [0.29, 0.717) is 22.1 Å². The summed E-state index contributed by atoms with van der Waals surface area (Å²) in [5.41, 5.74) is 3.05. The van der Waals surface area contributed by atoms with Gasteiger partial charge in [0.2, 0.25) is 0 Å². The van der Waals surface area contributed by atoms with E-state index in [1.54, 1.807) is 30.5 Å². The third kappa shape index (κ3) is 4.49. The van der Waals surface area contributed by atoms with Gasteiger partial charge in [0.25, 0.3) is 5.91 Å². The molecule has 0 aliphatic rings. The summed E-state index contributed by atoms with van der Waals surface area (Å²) in [5, 5.41) is 14.7. The molecule has 0 bridgehead atoms. The molecule has 1 heterocycles. The van der Waals surface area contributed by atoms with Gasteiger partial charge < -0.3 is 15.5 Å². The summed E-state index contributed by atoms with van der Waals surface area (Å²) in [4.78, 5) is 14.2. The van der Waals surface area contributed by atoms with Crippen LogP contribution in [0.2, 0.25) is 5.02 Å². The van der Waals surface area contributed by atoms with Gasteiger partial charge in [-0.25, -0.2) is 0 Å². The van der Waals surface area contributed by atoms with E-state index >= 15 is 0 Å². The summed E-state index contributed by atoms with van der Waals surface area (Å²) in [6.45, 7) is 0. The molecule has 0 aliphatic heterocycles. The maximum Gasteiger partial charge on any atom is 0.255 e. The molecular weight excluding hydrogens is 350 g/mol. The van der Waals surface area contributed by atoms with Gasteiger partial charge in [-0.3, -0.25) is 4.79 Å². The minimum Gasteiger partial charge on any atom is -0.376 e. The first-order valence-corrected chi connectivity index (χ1v) is 8.33. The van der Waals surface area contributed by atoms with Crippen molar-refractivity contribution in [2.45, 2.75) is 0 Å². The van der Waals surface area contributed by atoms with E-state index in [0.717, 1.165) is 11.4 Å². The molecule has 6 nitrogen and oxygen atoms in total. The summed E-state index contributed by atoms with van der Waals surface area (Å²) >= 11 is 5.84. The zero-order valence-corrected chi connectivity index (χ0v) is 15.2. The lowest BCUT2D eigenvalue weighted by Gasteiger charge is -2.13. The number of halogens is 1. The fourth-order valence-electron chi connectivity index (χ4n) is 2.25. The Morgan fingerprint density at radius 3 is 2.31 bits per heavy atom. The minimum absolute atomic E-state index is 0.188. The maximum absolute atomic E-state index is 12.2. The average Bonchev–Trinajstić information content (AvgIpc) is 2.64. The number of amides is 1. The lowest BCUT2D eigenvalue weighted by Crippen LogP contribution is -2.11. The molecule has 1 amide bonds. The van der Waals surface area contributed by atoms with E-state index < -0.39 is 0 Å². The number of carbonyl (C=O) groups excluding carboxylic acids is 1. The lowest BCUT2D eigenvalue weighted by molar-refractivity contribution is 0.102. The third-order valence-electron chi connectivity index (χ3n) is 3.68. The number of nitrogens with one attached hydrogen (secondary N) is 2. The molecule has 7 heteroatoms. The number of benzene rings is 2. The second-order valence-corrected chi connectivity index (χ2v) is 6.29. The number of carbonyl (C=O) groups is 1. The molecule has 0 spiro atoms. The van der Waals surface area contributed by atoms with Crippen molar-refractivity contribution in [1.82, 2.24) is 10.2 Å². The highest BCUT2D eigenvalue weighted by atomic mass is 35.5. The predicted octanol–water partition coefficient (Wildman–Crippen LogP) is 4.19. The Labute approximate surface area is 156 Å². The van der Waals surface area contributed by atoms with Gasteiger partial charge >= 0.3 is 0 Å². The van der Waals surface area contributed by atoms with Crippen LogP contribution in [0.3, 0.4) is 0 Å². The van der Waals surface area contributed by atoms with Crippen molar-refractivity contribution in [3.8, 4) is 0 Å². The molecule has 2 aromatic carbocycles. The summed E-state index contributed by atoms with van der Waals surface area (Å²) in [6, 6.07) is 16.0. The van der Waals surface area contributed by atoms with E-state index in [4.69, 9.17) is 11.6 Å². The Balaban J connectivity index is 1.66. The van der Waals surface area contributed by atoms with Crippen LogP contribution < -0.4 is 15.5 Å². The number of rotatable bonds is 5. The Bertz CT molecular complexity index is 895. The summed E-state index contributed by atoms with van der Waals surface area (Å²) in [7, 11) is 3.89. The molecule has 2 N–H and O–H groups in total. The highest BCUT2D eigenvalue weighted by Gasteiger charge is 2.06. The van der Waals surface area contributed by atoms with Gasteiger partial charge in [0.15, 0.2) is 5.82 Å². The van der Waals surface area contributed by atoms with Crippen LogP contribution in [0.25, 0.3) is 0 Å². The first kappa shape index (κ1) is 17.7. The zero-order valence-electron chi connectivity index (χ0n) is 14.4. The van der Waals surface area contributed by atoms with Crippen LogP contribution in [0.4, 0.5) is 22.9 Å². The highest BCUT2D eigenvalue weighted by molar-refractivity contribution is 6.30. The average molecular weight is 368 g/mol. The predicted molar refractivity (Wildman–Crippen MR) is 105 cm³/mol. The third-order valence-corrected chi connectivity index (χ3v) is 3.93. The molecule has 3 aromatic rings. The van der Waals surface area contributed by atoms with Gasteiger partial charge in [-0.1, -0.05) is 11.6 Å². The van der Waals surface area contributed by atoms with E-state index in [1.807, 2.05) is 49.3 Å². The Hall–Kier alpha value is -3.12. The van der Waals surface area contributed by atoms with Gasteiger partial charge in [0, 0.05) is 42.1 Å². The minimum atomic E-state index is -0.188. The maximum atomic E-state index is 12.2. The standard InChI is InChI=1S/C19H18ClN5O/c1-25(2)17-11-18(24-21-12-17)22-15-7-9-16(10-8-15)23-19(26)13-3-5-14(20)6-4-13/h3-12H,1-2H3,(H,22,24)(H,23,26). The van der Waals surface area contributed by atoms with Crippen molar-refractivity contribution < 1.29 is 4.79 Å². The molecule has 132 valence electrons. The van der Waals surface area contributed by atoms with Gasteiger partial charge in [-0.2, -0.15) is 5.10 Å². The molecule has 0 unspecified atom stereocenters. The Morgan fingerprint density at radius 1 is 1.00 bits per heavy atom. The highest BCUT2D eigenvalue weighted by Crippen LogP contribution is 2.20. The van der Waals surface area contributed by atoms with E-state index in [2.05, 4.69) is 20.8 Å². The Kier molecular flexibility index (Phi) is 5.34. The van der Waals surface area contributed by atoms with Crippen LogP contribution in [0, 0.1) is 0 Å². The molecule has 3 rings (SSSR count). The second-order valence-electron chi connectivity index (χ2n) is 5.86. The summed E-state index contributed by atoms with van der Waals surface area (Å²) in [5.74, 6) is 0.459. The molecule has 0 aliphatic carbocycles. The smallest absolute Gasteiger partial charge is 0.255 e. The zero-order chi connectivity index (χ0) is 18.5. The number of hydrogen-bond acceptors (Lipinski definition) is 5. The normalized spacial score (nSPS) is 10.3. The van der Waals surface area contributed by atoms with Crippen molar-refractivity contribution in [1.29, 1.82) is 0 Å². The fraction of sp³-hybridized carbons (Fsp3) is 0.105. The first-order valence-electron chi connectivity index (χ1n) is 7.95. The van der Waals surface area contributed by atoms with Crippen LogP contribution in [0.5, 0.6) is 0 Å². The number of anilines is 4. The van der Waals surface area contributed by atoms with Crippen LogP contribution in [0.15, 0.2) is 60.8 Å². The number of aromatic nitrogens is 2. The van der Waals surface area contributed by atoms with Crippen molar-refractivity contribution in [2.24, 2.45) is 0 Å². The van der Waals surface area contributed by atoms with Crippen molar-refractivity contribution in [2.75, 3.05) is 29.6 Å². The van der Waals surface area contributed by atoms with Crippen molar-refractivity contribution in [3.05, 3.63) is 71.4 Å². The molecule has 1 aromatic heterocycles. The van der Waals surface area contributed by atoms with Crippen LogP contribution in [-0.4, -0.2) is 30.2 Å². The van der Waals surface area contributed by atoms with E-state index in [9.17, 15) is 4.79 Å². The second kappa shape index (κ2) is 7.84. The van der Waals surface area contributed by atoms with Gasteiger partial charge in [0.05, 0.1) is 11.9 Å². The largest absolute Gasteiger partial charge is 0.376 e. The number of hydrogen-bond donors (Lipinski definition) is 2. The summed E-state index contributed by atoms with van der Waals surface area (Å²) in [6.07, 6.45) is 1.70. The molecule has 0 radical (unpaired) electrons. The summed E-state index contributed by atoms with van der Waals surface area (Å²) < 4.78 is 0. The molecule has 0 saturated carbocycles. The molecular formula is C19H18ClN5O. The monoisotopic (exact) mass is 367 g/mol. The van der Waals surface area contributed by atoms with Crippen LogP contribution in [-0.2, 0) is 0 Å². The lowest BCUT2D eigenvalue weighted by atomic mass is 10.2. The molecule has 0 saturated heterocycles. The SMILES string of the molecule is CN(C)c1cnnc(Nc2ccc(NC(=O)c3ccc(Cl)cc3)cc2)c1. The first-order chi connectivity index (χ1) is 12.5. The number of nitrogens with zero attached hydrogens (tertiary/aromatic N) is 3. The van der Waals surface area contributed by atoms with E-state index in [1.165, 1.54) is 0 Å². The molecule has 0 fully saturated rings.